The van der Waals surface area contributed by atoms with Crippen LogP contribution in [-0.4, -0.2) is 84.7 Å². The van der Waals surface area contributed by atoms with E-state index in [1.165, 1.54) is 0 Å². The Bertz CT molecular complexity index is 663. The minimum atomic E-state index is -0.474. The number of amides is 2. The van der Waals surface area contributed by atoms with Crippen molar-refractivity contribution in [1.29, 1.82) is 0 Å². The Morgan fingerprint density at radius 1 is 1.07 bits per heavy atom. The highest BCUT2D eigenvalue weighted by Gasteiger charge is 2.27. The minimum absolute atomic E-state index is 0.0392. The van der Waals surface area contributed by atoms with E-state index in [1.807, 2.05) is 51.1 Å². The van der Waals surface area contributed by atoms with Crippen LogP contribution < -0.4 is 5.32 Å². The van der Waals surface area contributed by atoms with Crippen LogP contribution >= 0.6 is 0 Å². The van der Waals surface area contributed by atoms with Crippen LogP contribution in [0.15, 0.2) is 30.3 Å². The van der Waals surface area contributed by atoms with Gasteiger partial charge >= 0.3 is 6.09 Å². The number of carbonyl (C=O) groups excluding carboxylic acids is 2. The molecule has 1 unspecified atom stereocenters. The van der Waals surface area contributed by atoms with Gasteiger partial charge in [-0.15, -0.1) is 0 Å². The molecule has 1 aromatic rings. The number of hydrogen-bond donors (Lipinski definition) is 1. The van der Waals surface area contributed by atoms with E-state index in [0.29, 0.717) is 19.6 Å². The molecule has 1 N–H and O–H groups in total. The van der Waals surface area contributed by atoms with E-state index in [9.17, 15) is 9.59 Å². The molecule has 0 spiro atoms. The van der Waals surface area contributed by atoms with Gasteiger partial charge in [-0.25, -0.2) is 4.79 Å². The molecule has 30 heavy (non-hydrogen) atoms. The third kappa shape index (κ3) is 7.29. The number of hydrogen-bond acceptors (Lipinski definition) is 5. The molecule has 1 heterocycles. The summed E-state index contributed by atoms with van der Waals surface area (Å²) in [5.41, 5.74) is 0.545. The van der Waals surface area contributed by atoms with Crippen LogP contribution in [0.25, 0.3) is 0 Å². The second-order valence-corrected chi connectivity index (χ2v) is 8.63. The van der Waals surface area contributed by atoms with E-state index < -0.39 is 5.60 Å². The highest BCUT2D eigenvalue weighted by molar-refractivity contribution is 5.83. The van der Waals surface area contributed by atoms with Gasteiger partial charge in [-0.3, -0.25) is 14.6 Å². The van der Waals surface area contributed by atoms with Gasteiger partial charge in [-0.1, -0.05) is 44.2 Å². The molecule has 1 aliphatic rings. The molecule has 1 aromatic carbocycles. The molecule has 0 aliphatic carbocycles. The van der Waals surface area contributed by atoms with Gasteiger partial charge in [0.2, 0.25) is 5.91 Å². The SMILES string of the molecule is CCN(CC)C(C(=O)NCCN1CCN(C(=O)OC(C)(C)C)CC1)c1ccccc1. The maximum Gasteiger partial charge on any atom is 0.410 e. The first-order chi connectivity index (χ1) is 14.2. The van der Waals surface area contributed by atoms with Crippen molar-refractivity contribution in [2.24, 2.45) is 0 Å². The van der Waals surface area contributed by atoms with Crippen LogP contribution in [0.5, 0.6) is 0 Å². The number of benzene rings is 1. The van der Waals surface area contributed by atoms with Crippen LogP contribution in [0.4, 0.5) is 4.79 Å². The third-order valence-electron chi connectivity index (χ3n) is 5.29. The highest BCUT2D eigenvalue weighted by Crippen LogP contribution is 2.20. The molecule has 2 amide bonds. The summed E-state index contributed by atoms with van der Waals surface area (Å²) in [6.07, 6.45) is -0.250. The van der Waals surface area contributed by atoms with Gasteiger partial charge in [0.05, 0.1) is 0 Å². The number of rotatable bonds is 8. The standard InChI is InChI=1S/C23H38N4O3/c1-6-26(7-2)20(19-11-9-8-10-12-19)21(28)24-13-14-25-15-17-27(18-16-25)22(29)30-23(3,4)5/h8-12,20H,6-7,13-18H2,1-5H3,(H,24,28). The lowest BCUT2D eigenvalue weighted by Crippen LogP contribution is -2.51. The number of piperazine rings is 1. The summed E-state index contributed by atoms with van der Waals surface area (Å²) in [5.74, 6) is 0.0392. The number of likely N-dealkylation sites (N-methyl/N-ethyl adjacent to an activating group) is 1. The fraction of sp³-hybridized carbons (Fsp3) is 0.652. The fourth-order valence-electron chi connectivity index (χ4n) is 3.67. The average Bonchev–Trinajstić information content (AvgIpc) is 2.71. The molecule has 1 saturated heterocycles. The van der Waals surface area contributed by atoms with E-state index in [0.717, 1.165) is 38.3 Å². The van der Waals surface area contributed by atoms with Crippen LogP contribution in [-0.2, 0) is 9.53 Å². The third-order valence-corrected chi connectivity index (χ3v) is 5.29. The Morgan fingerprint density at radius 3 is 2.20 bits per heavy atom. The molecule has 1 fully saturated rings. The maximum absolute atomic E-state index is 13.0. The largest absolute Gasteiger partial charge is 0.444 e. The Hall–Kier alpha value is -2.12. The number of nitrogens with one attached hydrogen (secondary N) is 1. The Kier molecular flexibility index (Phi) is 9.11. The van der Waals surface area contributed by atoms with Gasteiger partial charge in [0.1, 0.15) is 11.6 Å². The fourth-order valence-corrected chi connectivity index (χ4v) is 3.67. The second-order valence-electron chi connectivity index (χ2n) is 8.63. The van der Waals surface area contributed by atoms with E-state index >= 15 is 0 Å². The lowest BCUT2D eigenvalue weighted by Gasteiger charge is -2.35. The Labute approximate surface area is 181 Å². The summed E-state index contributed by atoms with van der Waals surface area (Å²) >= 11 is 0. The predicted molar refractivity (Wildman–Crippen MR) is 119 cm³/mol. The zero-order chi connectivity index (χ0) is 22.1. The minimum Gasteiger partial charge on any atom is -0.444 e. The second kappa shape index (κ2) is 11.3. The van der Waals surface area contributed by atoms with Crippen LogP contribution in [0, 0.1) is 0 Å². The summed E-state index contributed by atoms with van der Waals surface area (Å²) in [7, 11) is 0. The summed E-state index contributed by atoms with van der Waals surface area (Å²) in [5, 5.41) is 3.12. The summed E-state index contributed by atoms with van der Waals surface area (Å²) in [6, 6.07) is 9.67. The Morgan fingerprint density at radius 2 is 1.67 bits per heavy atom. The highest BCUT2D eigenvalue weighted by atomic mass is 16.6. The van der Waals surface area contributed by atoms with Crippen molar-refractivity contribution >= 4 is 12.0 Å². The Balaban J connectivity index is 1.81. The normalized spacial score (nSPS) is 16.4. The topological polar surface area (TPSA) is 65.1 Å². The molecule has 168 valence electrons. The van der Waals surface area contributed by atoms with Crippen molar-refractivity contribution in [3.63, 3.8) is 0 Å². The molecule has 7 nitrogen and oxygen atoms in total. The van der Waals surface area contributed by atoms with E-state index in [-0.39, 0.29) is 18.0 Å². The number of carbonyl (C=O) groups is 2. The van der Waals surface area contributed by atoms with Gasteiger partial charge in [0, 0.05) is 39.3 Å². The van der Waals surface area contributed by atoms with Crippen molar-refractivity contribution < 1.29 is 14.3 Å². The monoisotopic (exact) mass is 418 g/mol. The van der Waals surface area contributed by atoms with Crippen LogP contribution in [0.2, 0.25) is 0 Å². The van der Waals surface area contributed by atoms with Gasteiger partial charge in [-0.05, 0) is 39.4 Å². The van der Waals surface area contributed by atoms with Gasteiger partial charge in [-0.2, -0.15) is 0 Å². The van der Waals surface area contributed by atoms with Crippen LogP contribution in [0.3, 0.4) is 0 Å². The lowest BCUT2D eigenvalue weighted by molar-refractivity contribution is -0.126. The quantitative estimate of drug-likeness (QED) is 0.703. The zero-order valence-corrected chi connectivity index (χ0v) is 19.2. The molecule has 0 aromatic heterocycles. The van der Waals surface area contributed by atoms with E-state index in [1.54, 1.807) is 4.90 Å². The van der Waals surface area contributed by atoms with E-state index in [2.05, 4.69) is 29.0 Å². The lowest BCUT2D eigenvalue weighted by atomic mass is 10.0. The van der Waals surface area contributed by atoms with Crippen molar-refractivity contribution in [3.05, 3.63) is 35.9 Å². The molecule has 0 saturated carbocycles. The smallest absolute Gasteiger partial charge is 0.410 e. The number of nitrogens with zero attached hydrogens (tertiary/aromatic N) is 3. The summed E-state index contributed by atoms with van der Waals surface area (Å²) < 4.78 is 5.44. The first-order valence-corrected chi connectivity index (χ1v) is 11.0. The van der Waals surface area contributed by atoms with Gasteiger partial charge < -0.3 is 15.0 Å². The molecule has 7 heteroatoms. The van der Waals surface area contributed by atoms with Crippen LogP contribution in [0.1, 0.15) is 46.2 Å². The molecule has 0 radical (unpaired) electrons. The molecule has 2 rings (SSSR count). The van der Waals surface area contributed by atoms with E-state index in [4.69, 9.17) is 4.74 Å². The van der Waals surface area contributed by atoms with Gasteiger partial charge in [0.15, 0.2) is 0 Å². The molecular formula is C23H38N4O3. The van der Waals surface area contributed by atoms with Crippen molar-refractivity contribution in [2.45, 2.75) is 46.3 Å². The first-order valence-electron chi connectivity index (χ1n) is 11.0. The van der Waals surface area contributed by atoms with Crippen molar-refractivity contribution in [2.75, 3.05) is 52.4 Å². The molecular weight excluding hydrogens is 380 g/mol. The summed E-state index contributed by atoms with van der Waals surface area (Å²) in [4.78, 5) is 31.4. The predicted octanol–water partition coefficient (Wildman–Crippen LogP) is 2.74. The average molecular weight is 419 g/mol. The zero-order valence-electron chi connectivity index (χ0n) is 19.2. The first kappa shape index (κ1) is 24.2. The van der Waals surface area contributed by atoms with Gasteiger partial charge in [0.25, 0.3) is 0 Å². The van der Waals surface area contributed by atoms with Crippen molar-refractivity contribution in [1.82, 2.24) is 20.0 Å². The summed E-state index contributed by atoms with van der Waals surface area (Å²) in [6.45, 7) is 15.7. The molecule has 0 bridgehead atoms. The number of ether oxygens (including phenoxy) is 1. The van der Waals surface area contributed by atoms with Crippen molar-refractivity contribution in [3.8, 4) is 0 Å². The molecule has 1 atom stereocenters. The maximum atomic E-state index is 13.0. The molecule has 1 aliphatic heterocycles.